The number of nitrogens with zero attached hydrogens (tertiary/aromatic N) is 3. The van der Waals surface area contributed by atoms with E-state index in [0.717, 1.165) is 55.3 Å². The SMILES string of the molecule is COc1ccc(N2CCN([C@@H](CNS(=O)(=O)c3ccc(F)cc3)c3cccnc3)CC2)cc1. The standard InChI is InChI=1S/C24H27FN4O3S/c1-32-22-8-6-21(7-9-22)28-13-15-29(16-14-28)24(19-3-2-12-26-17-19)18-27-33(30,31)23-10-4-20(25)5-11-23/h2-12,17,24,27H,13-16,18H2,1H3/t24-/m0/s1. The molecule has 0 amide bonds. The Bertz CT molecular complexity index is 1130. The minimum Gasteiger partial charge on any atom is -0.497 e. The highest BCUT2D eigenvalue weighted by atomic mass is 32.2. The molecule has 0 radical (unpaired) electrons. The molecule has 1 atom stereocenters. The Hall–Kier alpha value is -3.01. The average Bonchev–Trinajstić information content (AvgIpc) is 2.85. The molecule has 174 valence electrons. The van der Waals surface area contributed by atoms with E-state index in [-0.39, 0.29) is 17.5 Å². The van der Waals surface area contributed by atoms with Gasteiger partial charge in [-0.3, -0.25) is 9.88 Å². The van der Waals surface area contributed by atoms with Gasteiger partial charge in [-0.15, -0.1) is 0 Å². The largest absolute Gasteiger partial charge is 0.497 e. The number of nitrogens with one attached hydrogen (secondary N) is 1. The molecule has 2 aromatic carbocycles. The number of methoxy groups -OCH3 is 1. The Morgan fingerprint density at radius 2 is 1.73 bits per heavy atom. The quantitative estimate of drug-likeness (QED) is 0.546. The van der Waals surface area contributed by atoms with Gasteiger partial charge < -0.3 is 9.64 Å². The Morgan fingerprint density at radius 1 is 1.03 bits per heavy atom. The van der Waals surface area contributed by atoms with Crippen LogP contribution in [0.3, 0.4) is 0 Å². The third-order valence-corrected chi connectivity index (χ3v) is 7.29. The second-order valence-corrected chi connectivity index (χ2v) is 9.60. The molecule has 2 heterocycles. The maximum atomic E-state index is 13.2. The first kappa shape index (κ1) is 23.2. The number of rotatable bonds is 8. The normalized spacial score (nSPS) is 15.9. The van der Waals surface area contributed by atoms with Gasteiger partial charge in [0.25, 0.3) is 0 Å². The third kappa shape index (κ3) is 5.68. The van der Waals surface area contributed by atoms with Crippen molar-refractivity contribution in [1.29, 1.82) is 0 Å². The van der Waals surface area contributed by atoms with E-state index in [4.69, 9.17) is 4.74 Å². The molecule has 3 aromatic rings. The van der Waals surface area contributed by atoms with Crippen molar-refractivity contribution in [3.63, 3.8) is 0 Å². The van der Waals surface area contributed by atoms with E-state index in [0.29, 0.717) is 0 Å². The molecule has 0 bridgehead atoms. The predicted octanol–water partition coefficient (Wildman–Crippen LogP) is 3.07. The zero-order valence-corrected chi connectivity index (χ0v) is 19.2. The minimum atomic E-state index is -3.77. The molecule has 0 saturated carbocycles. The zero-order valence-electron chi connectivity index (χ0n) is 18.4. The van der Waals surface area contributed by atoms with Gasteiger partial charge in [-0.2, -0.15) is 0 Å². The average molecular weight is 471 g/mol. The number of aromatic nitrogens is 1. The van der Waals surface area contributed by atoms with Gasteiger partial charge in [0, 0.05) is 50.8 Å². The van der Waals surface area contributed by atoms with Crippen LogP contribution in [0.5, 0.6) is 5.75 Å². The first-order valence-electron chi connectivity index (χ1n) is 10.7. The predicted molar refractivity (Wildman–Crippen MR) is 125 cm³/mol. The topological polar surface area (TPSA) is 74.8 Å². The molecule has 1 saturated heterocycles. The number of hydrogen-bond acceptors (Lipinski definition) is 6. The van der Waals surface area contributed by atoms with Crippen molar-refractivity contribution in [2.24, 2.45) is 0 Å². The van der Waals surface area contributed by atoms with E-state index in [9.17, 15) is 12.8 Å². The van der Waals surface area contributed by atoms with E-state index in [2.05, 4.69) is 19.5 Å². The molecule has 7 nitrogen and oxygen atoms in total. The fourth-order valence-electron chi connectivity index (χ4n) is 4.00. The molecule has 1 aromatic heterocycles. The van der Waals surface area contributed by atoms with Crippen molar-refractivity contribution in [2.75, 3.05) is 44.7 Å². The van der Waals surface area contributed by atoms with Gasteiger partial charge in [0.05, 0.1) is 18.0 Å². The Labute approximate surface area is 193 Å². The van der Waals surface area contributed by atoms with Crippen LogP contribution < -0.4 is 14.4 Å². The maximum Gasteiger partial charge on any atom is 0.240 e. The molecular weight excluding hydrogens is 443 g/mol. The lowest BCUT2D eigenvalue weighted by Crippen LogP contribution is -2.49. The number of halogens is 1. The van der Waals surface area contributed by atoms with Crippen LogP contribution in [0.15, 0.2) is 78.0 Å². The summed E-state index contributed by atoms with van der Waals surface area (Å²) in [5.74, 6) is 0.347. The van der Waals surface area contributed by atoms with Crippen molar-refractivity contribution in [2.45, 2.75) is 10.9 Å². The van der Waals surface area contributed by atoms with Crippen molar-refractivity contribution >= 4 is 15.7 Å². The second kappa shape index (κ2) is 10.3. The summed E-state index contributed by atoms with van der Waals surface area (Å²) in [5.41, 5.74) is 2.07. The molecule has 0 unspecified atom stereocenters. The number of piperazine rings is 1. The third-order valence-electron chi connectivity index (χ3n) is 5.85. The molecular formula is C24H27FN4O3S. The van der Waals surface area contributed by atoms with Gasteiger partial charge in [-0.1, -0.05) is 6.07 Å². The van der Waals surface area contributed by atoms with Crippen LogP contribution >= 0.6 is 0 Å². The van der Waals surface area contributed by atoms with Crippen LogP contribution in [0.2, 0.25) is 0 Å². The summed E-state index contributed by atoms with van der Waals surface area (Å²) in [6, 6.07) is 16.4. The molecule has 0 spiro atoms. The lowest BCUT2D eigenvalue weighted by atomic mass is 10.1. The first-order chi connectivity index (χ1) is 16.0. The first-order valence-corrected chi connectivity index (χ1v) is 12.2. The van der Waals surface area contributed by atoms with Gasteiger partial charge in [-0.05, 0) is 60.2 Å². The van der Waals surface area contributed by atoms with E-state index < -0.39 is 15.8 Å². The molecule has 1 aliphatic rings. The molecule has 1 aliphatic heterocycles. The molecule has 9 heteroatoms. The number of hydrogen-bond donors (Lipinski definition) is 1. The zero-order chi connectivity index (χ0) is 23.3. The minimum absolute atomic E-state index is 0.0400. The molecule has 4 rings (SSSR count). The molecule has 0 aliphatic carbocycles. The van der Waals surface area contributed by atoms with Gasteiger partial charge in [-0.25, -0.2) is 17.5 Å². The highest BCUT2D eigenvalue weighted by molar-refractivity contribution is 7.89. The van der Waals surface area contributed by atoms with Crippen LogP contribution in [0.1, 0.15) is 11.6 Å². The van der Waals surface area contributed by atoms with Gasteiger partial charge in [0.2, 0.25) is 10.0 Å². The van der Waals surface area contributed by atoms with Crippen molar-refractivity contribution in [3.05, 3.63) is 84.4 Å². The van der Waals surface area contributed by atoms with E-state index in [1.165, 1.54) is 12.1 Å². The Kier molecular flexibility index (Phi) is 7.22. The maximum absolute atomic E-state index is 13.2. The summed E-state index contributed by atoms with van der Waals surface area (Å²) in [4.78, 5) is 8.84. The van der Waals surface area contributed by atoms with E-state index in [1.54, 1.807) is 19.5 Å². The highest BCUT2D eigenvalue weighted by Gasteiger charge is 2.27. The van der Waals surface area contributed by atoms with Gasteiger partial charge in [0.1, 0.15) is 11.6 Å². The monoisotopic (exact) mass is 470 g/mol. The van der Waals surface area contributed by atoms with Crippen LogP contribution in [-0.2, 0) is 10.0 Å². The van der Waals surface area contributed by atoms with Crippen LogP contribution in [0.25, 0.3) is 0 Å². The van der Waals surface area contributed by atoms with Gasteiger partial charge in [0.15, 0.2) is 0 Å². The number of anilines is 1. The van der Waals surface area contributed by atoms with E-state index in [1.807, 2.05) is 36.4 Å². The number of benzene rings is 2. The van der Waals surface area contributed by atoms with Crippen molar-refractivity contribution in [1.82, 2.24) is 14.6 Å². The highest BCUT2D eigenvalue weighted by Crippen LogP contribution is 2.25. The Balaban J connectivity index is 1.46. The number of pyridine rings is 1. The van der Waals surface area contributed by atoms with Crippen molar-refractivity contribution in [3.8, 4) is 5.75 Å². The number of ether oxygens (including phenoxy) is 1. The smallest absolute Gasteiger partial charge is 0.240 e. The Morgan fingerprint density at radius 3 is 2.33 bits per heavy atom. The van der Waals surface area contributed by atoms with Crippen LogP contribution in [0.4, 0.5) is 10.1 Å². The lowest BCUT2D eigenvalue weighted by molar-refractivity contribution is 0.186. The summed E-state index contributed by atoms with van der Waals surface area (Å²) in [5, 5.41) is 0. The summed E-state index contributed by atoms with van der Waals surface area (Å²) >= 11 is 0. The summed E-state index contributed by atoms with van der Waals surface area (Å²) < 4.78 is 46.7. The van der Waals surface area contributed by atoms with Gasteiger partial charge >= 0.3 is 0 Å². The fourth-order valence-corrected chi connectivity index (χ4v) is 5.04. The fraction of sp³-hybridized carbons (Fsp3) is 0.292. The molecule has 1 fully saturated rings. The molecule has 33 heavy (non-hydrogen) atoms. The summed E-state index contributed by atoms with van der Waals surface area (Å²) in [7, 11) is -2.12. The number of sulfonamides is 1. The second-order valence-electron chi connectivity index (χ2n) is 7.83. The van der Waals surface area contributed by atoms with E-state index >= 15 is 0 Å². The molecule has 1 N–H and O–H groups in total. The van der Waals surface area contributed by atoms with Crippen LogP contribution in [-0.4, -0.2) is 58.1 Å². The summed E-state index contributed by atoms with van der Waals surface area (Å²) in [6.45, 7) is 3.35. The van der Waals surface area contributed by atoms with Crippen LogP contribution in [0, 0.1) is 5.82 Å². The lowest BCUT2D eigenvalue weighted by Gasteiger charge is -2.40. The van der Waals surface area contributed by atoms with Crippen molar-refractivity contribution < 1.29 is 17.5 Å². The summed E-state index contributed by atoms with van der Waals surface area (Å²) in [6.07, 6.45) is 3.47.